The number of fused-ring (bicyclic) bond motifs is 1. The van der Waals surface area contributed by atoms with E-state index >= 15 is 0 Å². The topological polar surface area (TPSA) is 48.2 Å². The molecule has 0 amide bonds. The molecule has 0 bridgehead atoms. The highest BCUT2D eigenvalue weighted by Gasteiger charge is 2.06. The van der Waals surface area contributed by atoms with Crippen molar-refractivity contribution >= 4 is 11.1 Å². The third-order valence-electron chi connectivity index (χ3n) is 2.76. The van der Waals surface area contributed by atoms with Crippen LogP contribution in [0.25, 0.3) is 11.1 Å². The second-order valence-electron chi connectivity index (χ2n) is 4.14. The van der Waals surface area contributed by atoms with Gasteiger partial charge in [0.1, 0.15) is 5.76 Å². The second-order valence-corrected chi connectivity index (χ2v) is 4.14. The van der Waals surface area contributed by atoms with Gasteiger partial charge in [0.05, 0.1) is 12.5 Å². The van der Waals surface area contributed by atoms with Crippen LogP contribution < -0.4 is 4.74 Å². The van der Waals surface area contributed by atoms with E-state index in [2.05, 4.69) is 16.9 Å². The van der Waals surface area contributed by atoms with Crippen molar-refractivity contribution in [3.05, 3.63) is 18.0 Å². The molecule has 0 aliphatic rings. The maximum atomic E-state index is 5.66. The Labute approximate surface area is 101 Å². The monoisotopic (exact) mass is 234 g/mol. The number of unbranched alkanes of at least 4 members (excludes halogenated alkanes) is 3. The van der Waals surface area contributed by atoms with Gasteiger partial charge in [0.25, 0.3) is 0 Å². The van der Waals surface area contributed by atoms with Gasteiger partial charge in [-0.15, -0.1) is 0 Å². The zero-order valence-electron chi connectivity index (χ0n) is 10.4. The summed E-state index contributed by atoms with van der Waals surface area (Å²) < 4.78 is 10.6. The van der Waals surface area contributed by atoms with Crippen molar-refractivity contribution in [3.63, 3.8) is 0 Å². The quantitative estimate of drug-likeness (QED) is 0.719. The maximum absolute atomic E-state index is 5.66. The lowest BCUT2D eigenvalue weighted by Crippen LogP contribution is -1.89. The summed E-state index contributed by atoms with van der Waals surface area (Å²) >= 11 is 0. The summed E-state index contributed by atoms with van der Waals surface area (Å²) in [4.78, 5) is 8.21. The van der Waals surface area contributed by atoms with Crippen LogP contribution in [0.15, 0.2) is 16.7 Å². The Morgan fingerprint density at radius 3 is 2.94 bits per heavy atom. The number of nitrogens with zero attached hydrogens (tertiary/aromatic N) is 2. The van der Waals surface area contributed by atoms with Crippen molar-refractivity contribution in [2.45, 2.75) is 39.0 Å². The first-order chi connectivity index (χ1) is 8.33. The van der Waals surface area contributed by atoms with Crippen molar-refractivity contribution < 1.29 is 9.15 Å². The number of rotatable bonds is 6. The van der Waals surface area contributed by atoms with Gasteiger partial charge in [0.15, 0.2) is 0 Å². The minimum atomic E-state index is 0.351. The molecule has 0 atom stereocenters. The van der Waals surface area contributed by atoms with Crippen molar-refractivity contribution in [2.75, 3.05) is 7.11 Å². The molecule has 4 nitrogen and oxygen atoms in total. The molecule has 0 unspecified atom stereocenters. The Morgan fingerprint density at radius 2 is 2.18 bits per heavy atom. The molecule has 4 heteroatoms. The van der Waals surface area contributed by atoms with Gasteiger partial charge in [-0.3, -0.25) is 0 Å². The standard InChI is InChI=1S/C13H18N2O2/c1-3-4-5-6-7-11-8-10-9-14-13(16-2)15-12(10)17-11/h8-9H,3-7H2,1-2H3. The highest BCUT2D eigenvalue weighted by molar-refractivity contribution is 5.73. The summed E-state index contributed by atoms with van der Waals surface area (Å²) in [7, 11) is 1.55. The largest absolute Gasteiger partial charge is 0.467 e. The molecule has 0 radical (unpaired) electrons. The predicted octanol–water partition coefficient (Wildman–Crippen LogP) is 3.35. The van der Waals surface area contributed by atoms with E-state index in [0.717, 1.165) is 24.0 Å². The van der Waals surface area contributed by atoms with Crippen LogP contribution in [0.1, 0.15) is 38.4 Å². The number of ether oxygens (including phenoxy) is 1. The van der Waals surface area contributed by atoms with Gasteiger partial charge in [-0.2, -0.15) is 4.98 Å². The third kappa shape index (κ3) is 2.96. The van der Waals surface area contributed by atoms with E-state index in [-0.39, 0.29) is 0 Å². The van der Waals surface area contributed by atoms with Crippen molar-refractivity contribution in [1.82, 2.24) is 9.97 Å². The van der Waals surface area contributed by atoms with E-state index in [9.17, 15) is 0 Å². The van der Waals surface area contributed by atoms with Gasteiger partial charge < -0.3 is 9.15 Å². The van der Waals surface area contributed by atoms with Crippen LogP contribution in [0.5, 0.6) is 6.01 Å². The molecule has 0 aliphatic carbocycles. The molecule has 2 aromatic heterocycles. The van der Waals surface area contributed by atoms with E-state index in [0.29, 0.717) is 11.7 Å². The lowest BCUT2D eigenvalue weighted by Gasteiger charge is -1.96. The van der Waals surface area contributed by atoms with Crippen LogP contribution in [0.4, 0.5) is 0 Å². The van der Waals surface area contributed by atoms with Crippen LogP contribution >= 0.6 is 0 Å². The fourth-order valence-electron chi connectivity index (χ4n) is 1.82. The van der Waals surface area contributed by atoms with E-state index in [4.69, 9.17) is 9.15 Å². The summed E-state index contributed by atoms with van der Waals surface area (Å²) in [5, 5.41) is 0.941. The zero-order chi connectivity index (χ0) is 12.1. The Balaban J connectivity index is 2.04. The first-order valence-corrected chi connectivity index (χ1v) is 6.13. The number of hydrogen-bond acceptors (Lipinski definition) is 4. The predicted molar refractivity (Wildman–Crippen MR) is 66.2 cm³/mol. The van der Waals surface area contributed by atoms with Gasteiger partial charge in [-0.25, -0.2) is 4.98 Å². The Morgan fingerprint density at radius 1 is 1.29 bits per heavy atom. The average Bonchev–Trinajstić information content (AvgIpc) is 2.76. The molecule has 0 aliphatic heterocycles. The molecule has 2 aromatic rings. The molecule has 0 saturated heterocycles. The first kappa shape index (κ1) is 11.9. The SMILES string of the molecule is CCCCCCc1cc2cnc(OC)nc2o1. The van der Waals surface area contributed by atoms with E-state index in [1.54, 1.807) is 13.3 Å². The molecule has 0 aromatic carbocycles. The number of hydrogen-bond donors (Lipinski definition) is 0. The third-order valence-corrected chi connectivity index (χ3v) is 2.76. The molecular weight excluding hydrogens is 216 g/mol. The van der Waals surface area contributed by atoms with Crippen LogP contribution in [0.2, 0.25) is 0 Å². The minimum Gasteiger partial charge on any atom is -0.467 e. The molecule has 0 N–H and O–H groups in total. The highest BCUT2D eigenvalue weighted by Crippen LogP contribution is 2.20. The fourth-order valence-corrected chi connectivity index (χ4v) is 1.82. The summed E-state index contributed by atoms with van der Waals surface area (Å²) in [6, 6.07) is 2.37. The second kappa shape index (κ2) is 5.66. The molecule has 0 saturated carbocycles. The van der Waals surface area contributed by atoms with Crippen LogP contribution in [0, 0.1) is 0 Å². The van der Waals surface area contributed by atoms with Gasteiger partial charge >= 0.3 is 6.01 Å². The minimum absolute atomic E-state index is 0.351. The van der Waals surface area contributed by atoms with E-state index in [1.165, 1.54) is 19.3 Å². The maximum Gasteiger partial charge on any atom is 0.319 e. The van der Waals surface area contributed by atoms with E-state index < -0.39 is 0 Å². The zero-order valence-corrected chi connectivity index (χ0v) is 10.4. The fraction of sp³-hybridized carbons (Fsp3) is 0.538. The summed E-state index contributed by atoms with van der Waals surface area (Å²) in [6.07, 6.45) is 7.66. The van der Waals surface area contributed by atoms with Crippen molar-refractivity contribution in [1.29, 1.82) is 0 Å². The molecule has 17 heavy (non-hydrogen) atoms. The van der Waals surface area contributed by atoms with Crippen molar-refractivity contribution in [2.24, 2.45) is 0 Å². The number of methoxy groups -OCH3 is 1. The van der Waals surface area contributed by atoms with Gasteiger partial charge in [0, 0.05) is 12.6 Å². The first-order valence-electron chi connectivity index (χ1n) is 6.13. The van der Waals surface area contributed by atoms with Gasteiger partial charge in [-0.1, -0.05) is 26.2 Å². The van der Waals surface area contributed by atoms with Crippen LogP contribution in [-0.4, -0.2) is 17.1 Å². The van der Waals surface area contributed by atoms with Crippen LogP contribution in [0.3, 0.4) is 0 Å². The normalized spacial score (nSPS) is 10.9. The molecule has 0 fully saturated rings. The Bertz CT molecular complexity index is 479. The highest BCUT2D eigenvalue weighted by atomic mass is 16.5. The molecule has 92 valence electrons. The lowest BCUT2D eigenvalue weighted by molar-refractivity contribution is 0.378. The average molecular weight is 234 g/mol. The smallest absolute Gasteiger partial charge is 0.319 e. The summed E-state index contributed by atoms with van der Waals surface area (Å²) in [5.41, 5.74) is 0.613. The summed E-state index contributed by atoms with van der Waals surface area (Å²) in [6.45, 7) is 2.21. The number of aromatic nitrogens is 2. The van der Waals surface area contributed by atoms with Crippen molar-refractivity contribution in [3.8, 4) is 6.01 Å². The number of aryl methyl sites for hydroxylation is 1. The Hall–Kier alpha value is -1.58. The molecular formula is C13H18N2O2. The molecule has 0 spiro atoms. The number of furan rings is 1. The van der Waals surface area contributed by atoms with E-state index in [1.807, 2.05) is 6.07 Å². The van der Waals surface area contributed by atoms with Crippen LogP contribution in [-0.2, 0) is 6.42 Å². The molecule has 2 heterocycles. The summed E-state index contributed by atoms with van der Waals surface area (Å²) in [5.74, 6) is 0.985. The molecule has 2 rings (SSSR count). The lowest BCUT2D eigenvalue weighted by atomic mass is 10.1. The van der Waals surface area contributed by atoms with Gasteiger partial charge in [0.2, 0.25) is 5.71 Å². The Kier molecular flexibility index (Phi) is 3.96. The van der Waals surface area contributed by atoms with Gasteiger partial charge in [-0.05, 0) is 12.5 Å².